The number of pyridine rings is 1. The van der Waals surface area contributed by atoms with Gasteiger partial charge in [-0.05, 0) is 24.3 Å². The minimum absolute atomic E-state index is 0.336. The number of aromatic nitrogens is 3. The Morgan fingerprint density at radius 1 is 0.920 bits per heavy atom. The first-order valence-electron chi connectivity index (χ1n) is 7.83. The van der Waals surface area contributed by atoms with Crippen molar-refractivity contribution in [2.45, 2.75) is 0 Å². The molecule has 5 rings (SSSR count). The van der Waals surface area contributed by atoms with E-state index in [9.17, 15) is 9.59 Å². The highest BCUT2D eigenvalue weighted by molar-refractivity contribution is 6.34. The molecule has 1 aromatic carbocycles. The van der Waals surface area contributed by atoms with Gasteiger partial charge in [-0.2, -0.15) is 0 Å². The topological polar surface area (TPSA) is 90.6 Å². The zero-order valence-corrected chi connectivity index (χ0v) is 13.0. The number of amides is 2. The molecule has 6 nitrogen and oxygen atoms in total. The van der Waals surface area contributed by atoms with E-state index in [0.29, 0.717) is 11.3 Å². The first-order valence-corrected chi connectivity index (χ1v) is 7.83. The van der Waals surface area contributed by atoms with E-state index in [4.69, 9.17) is 0 Å². The van der Waals surface area contributed by atoms with E-state index < -0.39 is 11.8 Å². The fourth-order valence-electron chi connectivity index (χ4n) is 3.31. The fraction of sp³-hybridized carbons (Fsp3) is 0. The van der Waals surface area contributed by atoms with Crippen molar-refractivity contribution >= 4 is 39.3 Å². The number of fused-ring (bicyclic) bond motifs is 2. The van der Waals surface area contributed by atoms with Gasteiger partial charge in [0.1, 0.15) is 0 Å². The number of rotatable bonds is 2. The summed E-state index contributed by atoms with van der Waals surface area (Å²) in [6.07, 6.45) is 3.07. The lowest BCUT2D eigenvalue weighted by atomic mass is 10.0. The van der Waals surface area contributed by atoms with Gasteiger partial charge in [0.2, 0.25) is 0 Å². The van der Waals surface area contributed by atoms with E-state index in [2.05, 4.69) is 20.3 Å². The van der Waals surface area contributed by atoms with Crippen LogP contribution in [0.25, 0.3) is 38.8 Å². The molecule has 6 heteroatoms. The van der Waals surface area contributed by atoms with Crippen LogP contribution in [0, 0.1) is 0 Å². The fourth-order valence-corrected chi connectivity index (χ4v) is 3.31. The summed E-state index contributed by atoms with van der Waals surface area (Å²) < 4.78 is 0. The van der Waals surface area contributed by atoms with Crippen molar-refractivity contribution in [3.63, 3.8) is 0 Å². The van der Waals surface area contributed by atoms with Crippen LogP contribution >= 0.6 is 0 Å². The smallest absolute Gasteiger partial charge is 0.260 e. The van der Waals surface area contributed by atoms with E-state index in [1.807, 2.05) is 42.5 Å². The Kier molecular flexibility index (Phi) is 2.70. The number of imide groups is 1. The number of nitrogens with one attached hydrogen (secondary N) is 3. The van der Waals surface area contributed by atoms with Crippen LogP contribution in [-0.2, 0) is 9.59 Å². The third-order valence-electron chi connectivity index (χ3n) is 4.39. The molecule has 2 amide bonds. The van der Waals surface area contributed by atoms with E-state index in [-0.39, 0.29) is 0 Å². The number of carbonyl (C=O) groups is 2. The van der Waals surface area contributed by atoms with Gasteiger partial charge in [-0.3, -0.25) is 19.9 Å². The second-order valence-corrected chi connectivity index (χ2v) is 5.92. The third kappa shape index (κ3) is 2.01. The largest absolute Gasteiger partial charge is 0.354 e. The maximum atomic E-state index is 12.2. The summed E-state index contributed by atoms with van der Waals surface area (Å²) in [6.45, 7) is 0. The molecule has 3 aromatic heterocycles. The number of H-pyrrole nitrogens is 2. The maximum absolute atomic E-state index is 12.2. The summed E-state index contributed by atoms with van der Waals surface area (Å²) in [6, 6.07) is 13.6. The number of hydrogen-bond donors (Lipinski definition) is 3. The number of aromatic amines is 2. The Bertz CT molecular complexity index is 1180. The molecule has 4 heterocycles. The maximum Gasteiger partial charge on any atom is 0.260 e. The normalized spacial score (nSPS) is 14.3. The van der Waals surface area contributed by atoms with Crippen molar-refractivity contribution in [2.75, 3.05) is 0 Å². The zero-order chi connectivity index (χ0) is 17.0. The summed E-state index contributed by atoms with van der Waals surface area (Å²) in [7, 11) is 0. The van der Waals surface area contributed by atoms with Crippen molar-refractivity contribution in [3.05, 3.63) is 60.4 Å². The summed E-state index contributed by atoms with van der Waals surface area (Å²) in [5.74, 6) is -0.796. The molecule has 0 bridgehead atoms. The lowest BCUT2D eigenvalue weighted by Crippen LogP contribution is -2.21. The highest BCUT2D eigenvalue weighted by atomic mass is 16.2. The number of benzene rings is 1. The van der Waals surface area contributed by atoms with Gasteiger partial charge in [0.15, 0.2) is 0 Å². The molecule has 0 atom stereocenters. The van der Waals surface area contributed by atoms with Crippen LogP contribution in [0.1, 0.15) is 5.69 Å². The van der Waals surface area contributed by atoms with E-state index >= 15 is 0 Å². The summed E-state index contributed by atoms with van der Waals surface area (Å²) in [4.78, 5) is 34.8. The minimum Gasteiger partial charge on any atom is -0.354 e. The first kappa shape index (κ1) is 13.7. The monoisotopic (exact) mass is 328 g/mol. The quantitative estimate of drug-likeness (QED) is 0.494. The number of hydrogen-bond acceptors (Lipinski definition) is 3. The lowest BCUT2D eigenvalue weighted by Gasteiger charge is -2.02. The van der Waals surface area contributed by atoms with Crippen molar-refractivity contribution in [1.82, 2.24) is 20.3 Å². The average Bonchev–Trinajstić information content (AvgIpc) is 3.28. The Hall–Kier alpha value is -3.67. The molecule has 0 unspecified atom stereocenters. The molecule has 4 aromatic rings. The van der Waals surface area contributed by atoms with Gasteiger partial charge in [-0.25, -0.2) is 0 Å². The summed E-state index contributed by atoms with van der Waals surface area (Å²) in [5, 5.41) is 3.27. The van der Waals surface area contributed by atoms with E-state index in [0.717, 1.165) is 33.2 Å². The molecular weight excluding hydrogens is 316 g/mol. The van der Waals surface area contributed by atoms with Crippen LogP contribution in [0.2, 0.25) is 0 Å². The van der Waals surface area contributed by atoms with E-state index in [1.54, 1.807) is 6.20 Å². The highest BCUT2D eigenvalue weighted by Gasteiger charge is 2.27. The zero-order valence-electron chi connectivity index (χ0n) is 13.0. The second kappa shape index (κ2) is 4.91. The molecule has 0 radical (unpaired) electrons. The standard InChI is InChI=1S/C19H12N4O2/c24-16-8-11(19(25)23-16)18-17(10-4-1-2-5-12(10)22-18)15-9-14-13(21-15)6-3-7-20-14/h1-9,21-22H,(H,23,24,25). The van der Waals surface area contributed by atoms with Crippen molar-refractivity contribution in [2.24, 2.45) is 0 Å². The van der Waals surface area contributed by atoms with Crippen LogP contribution < -0.4 is 5.32 Å². The van der Waals surface area contributed by atoms with Crippen LogP contribution in [0.3, 0.4) is 0 Å². The molecule has 0 fully saturated rings. The van der Waals surface area contributed by atoms with Gasteiger partial charge in [0.05, 0.1) is 28.0 Å². The predicted octanol–water partition coefficient (Wildman–Crippen LogP) is 2.75. The number of carbonyl (C=O) groups excluding carboxylic acids is 2. The van der Waals surface area contributed by atoms with Gasteiger partial charge in [0, 0.05) is 28.7 Å². The summed E-state index contributed by atoms with van der Waals surface area (Å²) in [5.41, 5.74) is 5.30. The Morgan fingerprint density at radius 3 is 2.56 bits per heavy atom. The molecule has 0 saturated heterocycles. The Morgan fingerprint density at radius 2 is 1.76 bits per heavy atom. The molecule has 0 aliphatic carbocycles. The highest BCUT2D eigenvalue weighted by Crippen LogP contribution is 2.37. The van der Waals surface area contributed by atoms with Crippen LogP contribution in [0.15, 0.2) is 54.7 Å². The van der Waals surface area contributed by atoms with Crippen molar-refractivity contribution in [3.8, 4) is 11.3 Å². The van der Waals surface area contributed by atoms with Gasteiger partial charge < -0.3 is 9.97 Å². The predicted molar refractivity (Wildman–Crippen MR) is 94.5 cm³/mol. The van der Waals surface area contributed by atoms with E-state index in [1.165, 1.54) is 6.08 Å². The van der Waals surface area contributed by atoms with Gasteiger partial charge in [-0.1, -0.05) is 18.2 Å². The number of nitrogens with zero attached hydrogens (tertiary/aromatic N) is 1. The SMILES string of the molecule is O=C1C=C(c2[nH]c3ccccc3c2-c2cc3ncccc3[nH]2)C(=O)N1. The molecule has 0 saturated carbocycles. The van der Waals surface area contributed by atoms with Gasteiger partial charge >= 0.3 is 0 Å². The van der Waals surface area contributed by atoms with Crippen molar-refractivity contribution in [1.29, 1.82) is 0 Å². The first-order chi connectivity index (χ1) is 12.2. The van der Waals surface area contributed by atoms with Gasteiger partial charge in [-0.15, -0.1) is 0 Å². The third-order valence-corrected chi connectivity index (χ3v) is 4.39. The van der Waals surface area contributed by atoms with Crippen LogP contribution in [0.4, 0.5) is 0 Å². The minimum atomic E-state index is -0.400. The van der Waals surface area contributed by atoms with Crippen LogP contribution in [-0.4, -0.2) is 26.8 Å². The Labute approximate surface area is 141 Å². The molecular formula is C19H12N4O2. The molecule has 25 heavy (non-hydrogen) atoms. The van der Waals surface area contributed by atoms with Crippen molar-refractivity contribution < 1.29 is 9.59 Å². The second-order valence-electron chi connectivity index (χ2n) is 5.92. The molecule has 1 aliphatic rings. The molecule has 120 valence electrons. The van der Waals surface area contributed by atoms with Gasteiger partial charge in [0.25, 0.3) is 11.8 Å². The molecule has 3 N–H and O–H groups in total. The Balaban J connectivity index is 1.84. The molecule has 0 spiro atoms. The lowest BCUT2D eigenvalue weighted by molar-refractivity contribution is -0.123. The average molecular weight is 328 g/mol. The van der Waals surface area contributed by atoms with Crippen LogP contribution in [0.5, 0.6) is 0 Å². The number of para-hydroxylation sites is 1. The summed E-state index contributed by atoms with van der Waals surface area (Å²) >= 11 is 0. The molecule has 1 aliphatic heterocycles.